The Morgan fingerprint density at radius 2 is 1.57 bits per heavy atom. The molecule has 1 aliphatic rings. The first-order valence-corrected chi connectivity index (χ1v) is 8.59. The van der Waals surface area contributed by atoms with E-state index in [0.29, 0.717) is 5.06 Å². The predicted octanol–water partition coefficient (Wildman–Crippen LogP) is 0.412. The maximum atomic E-state index is 12.0. The molecule has 0 bridgehead atoms. The van der Waals surface area contributed by atoms with Crippen LogP contribution in [-0.4, -0.2) is 54.4 Å². The van der Waals surface area contributed by atoms with Crippen LogP contribution in [0.5, 0.6) is 0 Å². The smallest absolute Gasteiger partial charge is 0.329 e. The monoisotopic (exact) mass is 340 g/mol. The van der Waals surface area contributed by atoms with Crippen LogP contribution in [0.2, 0.25) is 0 Å². The van der Waals surface area contributed by atoms with Gasteiger partial charge in [0, 0.05) is 13.1 Å². The summed E-state index contributed by atoms with van der Waals surface area (Å²) in [5, 5.41) is 0.296. The molecule has 0 aromatic heterocycles. The van der Waals surface area contributed by atoms with E-state index in [1.54, 1.807) is 26.0 Å². The summed E-state index contributed by atoms with van der Waals surface area (Å²) in [6.45, 7) is 3.69. The second-order valence-corrected chi connectivity index (χ2v) is 6.72. The minimum atomic E-state index is -3.86. The number of sulfonamides is 1. The van der Waals surface area contributed by atoms with Crippen LogP contribution in [0.1, 0.15) is 34.6 Å². The predicted molar refractivity (Wildman–Crippen MR) is 79.7 cm³/mol. The topological polar surface area (TPSA) is 101 Å². The third-order valence-corrected chi connectivity index (χ3v) is 5.25. The number of fused-ring (bicyclic) bond motifs is 1. The lowest BCUT2D eigenvalue weighted by Crippen LogP contribution is -2.39. The summed E-state index contributed by atoms with van der Waals surface area (Å²) in [6, 6.07) is 5.99. The lowest BCUT2D eigenvalue weighted by atomic mass is 10.1. The molecule has 1 heterocycles. The zero-order valence-corrected chi connectivity index (χ0v) is 13.5. The average Bonchev–Trinajstić information content (AvgIpc) is 2.73. The molecule has 23 heavy (non-hydrogen) atoms. The van der Waals surface area contributed by atoms with E-state index >= 15 is 0 Å². The zero-order valence-electron chi connectivity index (χ0n) is 12.7. The number of rotatable bonds is 6. The van der Waals surface area contributed by atoms with Crippen LogP contribution in [0, 0.1) is 0 Å². The molecule has 0 saturated heterocycles. The number of benzene rings is 1. The van der Waals surface area contributed by atoms with Gasteiger partial charge in [0.2, 0.25) is 10.0 Å². The SMILES string of the molecule is CCN(CC)S(=O)(=O)CC(=O)ON1C(=O)c2ccccc2C1=O. The van der Waals surface area contributed by atoms with Crippen LogP contribution in [-0.2, 0) is 19.7 Å². The van der Waals surface area contributed by atoms with Crippen LogP contribution in [0.4, 0.5) is 0 Å². The van der Waals surface area contributed by atoms with E-state index < -0.39 is 33.6 Å². The highest BCUT2D eigenvalue weighted by Gasteiger charge is 2.39. The van der Waals surface area contributed by atoms with E-state index in [9.17, 15) is 22.8 Å². The van der Waals surface area contributed by atoms with Crippen molar-refractivity contribution >= 4 is 27.8 Å². The van der Waals surface area contributed by atoms with Crippen LogP contribution in [0.3, 0.4) is 0 Å². The maximum Gasteiger partial charge on any atom is 0.349 e. The van der Waals surface area contributed by atoms with E-state index in [-0.39, 0.29) is 24.2 Å². The van der Waals surface area contributed by atoms with Crippen LogP contribution >= 0.6 is 0 Å². The Morgan fingerprint density at radius 3 is 2.00 bits per heavy atom. The molecule has 0 unspecified atom stereocenters. The summed E-state index contributed by atoms with van der Waals surface area (Å²) >= 11 is 0. The summed E-state index contributed by atoms with van der Waals surface area (Å²) in [4.78, 5) is 40.5. The molecule has 0 saturated carbocycles. The van der Waals surface area contributed by atoms with Gasteiger partial charge in [-0.15, -0.1) is 0 Å². The van der Waals surface area contributed by atoms with Crippen LogP contribution in [0.15, 0.2) is 24.3 Å². The summed E-state index contributed by atoms with van der Waals surface area (Å²) in [7, 11) is -3.86. The molecule has 0 N–H and O–H groups in total. The molecule has 2 rings (SSSR count). The first-order chi connectivity index (χ1) is 10.8. The van der Waals surface area contributed by atoms with Crippen molar-refractivity contribution in [1.29, 1.82) is 0 Å². The molecule has 9 heteroatoms. The van der Waals surface area contributed by atoms with Crippen molar-refractivity contribution in [3.63, 3.8) is 0 Å². The molecule has 2 amide bonds. The zero-order chi connectivity index (χ0) is 17.2. The molecule has 1 aromatic carbocycles. The molecular weight excluding hydrogens is 324 g/mol. The Kier molecular flexibility index (Phi) is 4.81. The fraction of sp³-hybridized carbons (Fsp3) is 0.357. The quantitative estimate of drug-likeness (QED) is 0.695. The molecule has 0 radical (unpaired) electrons. The lowest BCUT2D eigenvalue weighted by Gasteiger charge is -2.18. The van der Waals surface area contributed by atoms with Crippen molar-refractivity contribution in [2.75, 3.05) is 18.8 Å². The van der Waals surface area contributed by atoms with Gasteiger partial charge in [-0.2, -0.15) is 0 Å². The Bertz CT molecular complexity index is 719. The highest BCUT2D eigenvalue weighted by atomic mass is 32.2. The Labute approximate surface area is 133 Å². The van der Waals surface area contributed by atoms with Crippen LogP contribution in [0.25, 0.3) is 0 Å². The van der Waals surface area contributed by atoms with Crippen molar-refractivity contribution < 1.29 is 27.6 Å². The number of carbonyl (C=O) groups excluding carboxylic acids is 3. The number of carbonyl (C=O) groups is 3. The number of imide groups is 1. The Hall–Kier alpha value is -2.26. The average molecular weight is 340 g/mol. The third kappa shape index (κ3) is 3.25. The van der Waals surface area contributed by atoms with Crippen molar-refractivity contribution in [2.24, 2.45) is 0 Å². The van der Waals surface area contributed by atoms with Gasteiger partial charge in [-0.3, -0.25) is 9.59 Å². The second-order valence-electron chi connectivity index (χ2n) is 4.75. The number of hydroxylamine groups is 2. The van der Waals surface area contributed by atoms with Gasteiger partial charge in [-0.1, -0.05) is 31.0 Å². The summed E-state index contributed by atoms with van der Waals surface area (Å²) in [5.41, 5.74) is 0.216. The molecular formula is C14H16N2O6S. The largest absolute Gasteiger partial charge is 0.349 e. The van der Waals surface area contributed by atoms with Crippen molar-refractivity contribution in [3.8, 4) is 0 Å². The van der Waals surface area contributed by atoms with Gasteiger partial charge in [0.25, 0.3) is 11.8 Å². The van der Waals surface area contributed by atoms with Gasteiger partial charge in [0.15, 0.2) is 5.75 Å². The normalized spacial score (nSPS) is 14.3. The highest BCUT2D eigenvalue weighted by molar-refractivity contribution is 7.89. The van der Waals surface area contributed by atoms with Crippen molar-refractivity contribution in [3.05, 3.63) is 35.4 Å². The molecule has 0 atom stereocenters. The van der Waals surface area contributed by atoms with Crippen LogP contribution < -0.4 is 0 Å². The Balaban J connectivity index is 2.11. The molecule has 8 nitrogen and oxygen atoms in total. The maximum absolute atomic E-state index is 12.0. The van der Waals surface area contributed by atoms with Gasteiger partial charge in [-0.25, -0.2) is 17.5 Å². The Morgan fingerprint density at radius 1 is 1.09 bits per heavy atom. The molecule has 1 aromatic rings. The molecule has 1 aliphatic heterocycles. The van der Waals surface area contributed by atoms with Gasteiger partial charge in [0.1, 0.15) is 0 Å². The van der Waals surface area contributed by atoms with E-state index in [1.165, 1.54) is 12.1 Å². The minimum Gasteiger partial charge on any atom is -0.329 e. The van der Waals surface area contributed by atoms with Gasteiger partial charge in [0.05, 0.1) is 11.1 Å². The molecule has 124 valence electrons. The lowest BCUT2D eigenvalue weighted by molar-refractivity contribution is -0.165. The number of nitrogens with zero attached hydrogens (tertiary/aromatic N) is 2. The van der Waals surface area contributed by atoms with E-state index in [4.69, 9.17) is 0 Å². The van der Waals surface area contributed by atoms with E-state index in [0.717, 1.165) is 4.31 Å². The minimum absolute atomic E-state index is 0.108. The number of hydrogen-bond donors (Lipinski definition) is 0. The third-order valence-electron chi connectivity index (χ3n) is 3.35. The first kappa shape index (κ1) is 17.1. The molecule has 0 fully saturated rings. The van der Waals surface area contributed by atoms with Gasteiger partial charge >= 0.3 is 5.97 Å². The fourth-order valence-electron chi connectivity index (χ4n) is 2.24. The fourth-order valence-corrected chi connectivity index (χ4v) is 3.56. The first-order valence-electron chi connectivity index (χ1n) is 6.98. The number of amides is 2. The molecule has 0 aliphatic carbocycles. The van der Waals surface area contributed by atoms with Crippen molar-refractivity contribution in [2.45, 2.75) is 13.8 Å². The van der Waals surface area contributed by atoms with Gasteiger partial charge in [-0.05, 0) is 12.1 Å². The standard InChI is InChI=1S/C14H16N2O6S/c1-3-15(4-2)23(20,21)9-12(17)22-16-13(18)10-7-5-6-8-11(10)14(16)19/h5-8H,3-4,9H2,1-2H3. The van der Waals surface area contributed by atoms with Gasteiger partial charge < -0.3 is 4.84 Å². The second kappa shape index (κ2) is 6.47. The number of hydrogen-bond acceptors (Lipinski definition) is 6. The summed E-state index contributed by atoms with van der Waals surface area (Å²) in [6.07, 6.45) is 0. The summed E-state index contributed by atoms with van der Waals surface area (Å²) < 4.78 is 25.1. The van der Waals surface area contributed by atoms with E-state index in [1.807, 2.05) is 0 Å². The highest BCUT2D eigenvalue weighted by Crippen LogP contribution is 2.22. The van der Waals surface area contributed by atoms with Crippen molar-refractivity contribution in [1.82, 2.24) is 9.37 Å². The molecule has 0 spiro atoms. The van der Waals surface area contributed by atoms with E-state index in [2.05, 4.69) is 4.84 Å². The summed E-state index contributed by atoms with van der Waals surface area (Å²) in [5.74, 6) is -3.72.